The monoisotopic (exact) mass is 501 g/mol. The molecule has 1 fully saturated rings. The van der Waals surface area contributed by atoms with Crippen molar-refractivity contribution < 1.29 is 23.3 Å². The molecule has 5 nitrogen and oxygen atoms in total. The van der Waals surface area contributed by atoms with Gasteiger partial charge in [0.05, 0.1) is 17.7 Å². The Morgan fingerprint density at radius 1 is 1.17 bits per heavy atom. The number of ether oxygens (including phenoxy) is 4. The Kier molecular flexibility index (Phi) is 8.22. The third-order valence-corrected chi connectivity index (χ3v) is 6.23. The number of likely N-dealkylation sites (tertiary alicyclic amines) is 1. The highest BCUT2D eigenvalue weighted by atomic mass is 79.9. The van der Waals surface area contributed by atoms with Crippen molar-refractivity contribution in [3.8, 4) is 17.2 Å². The molecule has 2 aromatic carbocycles. The maximum atomic E-state index is 13.4. The normalized spacial score (nSPS) is 20.6. The highest BCUT2D eigenvalue weighted by Crippen LogP contribution is 2.41. The Bertz CT molecular complexity index is 839. The van der Waals surface area contributed by atoms with E-state index in [1.807, 2.05) is 24.3 Å². The van der Waals surface area contributed by atoms with Crippen LogP contribution in [0.25, 0.3) is 0 Å². The molecule has 8 heteroatoms. The molecule has 0 radical (unpaired) electrons. The second-order valence-corrected chi connectivity index (χ2v) is 8.30. The fourth-order valence-electron chi connectivity index (χ4n) is 4.05. The fraction of sp³-hybridized carbons (Fsp3) is 0.455. The van der Waals surface area contributed by atoms with E-state index in [9.17, 15) is 4.39 Å². The topological polar surface area (TPSA) is 40.2 Å². The van der Waals surface area contributed by atoms with Crippen LogP contribution in [0.3, 0.4) is 0 Å². The first-order valence-corrected chi connectivity index (χ1v) is 10.6. The van der Waals surface area contributed by atoms with Gasteiger partial charge in [0.15, 0.2) is 11.5 Å². The summed E-state index contributed by atoms with van der Waals surface area (Å²) >= 11 is 3.56. The standard InChI is InChI=1S/C22H25BrFNO4.ClH/c1-26-9-8-25-7-6-18(15-2-4-17(24)5-3-15)16(12-25)13-27-20-11-22-21(10-19(20)23)28-14-29-22;/h2-5,10-11,16,18H,6-9,12-14H2,1H3;1H/t16-,18-;/m1./s1. The average molecular weight is 503 g/mol. The zero-order valence-corrected chi connectivity index (χ0v) is 19.2. The number of hydrogen-bond donors (Lipinski definition) is 0. The summed E-state index contributed by atoms with van der Waals surface area (Å²) in [5.74, 6) is 2.55. The van der Waals surface area contributed by atoms with E-state index in [2.05, 4.69) is 20.8 Å². The minimum Gasteiger partial charge on any atom is -0.492 e. The van der Waals surface area contributed by atoms with E-state index in [1.54, 1.807) is 19.2 Å². The number of rotatable bonds is 7. The van der Waals surface area contributed by atoms with Gasteiger partial charge in [-0.25, -0.2) is 4.39 Å². The Hall–Kier alpha value is -1.54. The number of hydrogen-bond acceptors (Lipinski definition) is 5. The van der Waals surface area contributed by atoms with E-state index in [0.717, 1.165) is 47.6 Å². The molecule has 4 rings (SSSR count). The molecule has 2 atom stereocenters. The van der Waals surface area contributed by atoms with Gasteiger partial charge < -0.3 is 23.8 Å². The third kappa shape index (κ3) is 5.38. The van der Waals surface area contributed by atoms with Crippen LogP contribution >= 0.6 is 28.3 Å². The first kappa shape index (κ1) is 23.1. The number of fused-ring (bicyclic) bond motifs is 1. The van der Waals surface area contributed by atoms with E-state index in [0.29, 0.717) is 24.9 Å². The van der Waals surface area contributed by atoms with Gasteiger partial charge in [0.1, 0.15) is 11.6 Å². The van der Waals surface area contributed by atoms with Gasteiger partial charge in [-0.05, 0) is 52.5 Å². The van der Waals surface area contributed by atoms with Crippen molar-refractivity contribution in [3.05, 3.63) is 52.3 Å². The van der Waals surface area contributed by atoms with Crippen LogP contribution in [0.1, 0.15) is 17.9 Å². The van der Waals surface area contributed by atoms with E-state index < -0.39 is 0 Å². The van der Waals surface area contributed by atoms with Crippen LogP contribution in [-0.4, -0.2) is 51.7 Å². The summed E-state index contributed by atoms with van der Waals surface area (Å²) < 4.78 is 36.6. The van der Waals surface area contributed by atoms with Crippen LogP contribution in [0.15, 0.2) is 40.9 Å². The molecule has 2 aromatic rings. The van der Waals surface area contributed by atoms with Crippen LogP contribution in [-0.2, 0) is 4.74 Å². The Morgan fingerprint density at radius 2 is 1.90 bits per heavy atom. The van der Waals surface area contributed by atoms with Gasteiger partial charge in [0.2, 0.25) is 6.79 Å². The van der Waals surface area contributed by atoms with Gasteiger partial charge in [-0.2, -0.15) is 0 Å². The van der Waals surface area contributed by atoms with Gasteiger partial charge in [-0.3, -0.25) is 0 Å². The van der Waals surface area contributed by atoms with Crippen LogP contribution in [0.2, 0.25) is 0 Å². The first-order valence-electron chi connectivity index (χ1n) is 9.82. The molecule has 0 aliphatic carbocycles. The largest absolute Gasteiger partial charge is 0.492 e. The van der Waals surface area contributed by atoms with E-state index >= 15 is 0 Å². The summed E-state index contributed by atoms with van der Waals surface area (Å²) in [6, 6.07) is 10.6. The van der Waals surface area contributed by atoms with E-state index in [1.165, 1.54) is 0 Å². The summed E-state index contributed by atoms with van der Waals surface area (Å²) in [6.07, 6.45) is 1.01. The summed E-state index contributed by atoms with van der Waals surface area (Å²) in [5.41, 5.74) is 1.16. The molecule has 0 unspecified atom stereocenters. The average Bonchev–Trinajstić information content (AvgIpc) is 3.18. The maximum Gasteiger partial charge on any atom is 0.231 e. The molecule has 0 aromatic heterocycles. The maximum absolute atomic E-state index is 13.4. The van der Waals surface area contributed by atoms with Crippen LogP contribution in [0.4, 0.5) is 4.39 Å². The Morgan fingerprint density at radius 3 is 2.63 bits per heavy atom. The van der Waals surface area contributed by atoms with Crippen molar-refractivity contribution in [3.63, 3.8) is 0 Å². The third-order valence-electron chi connectivity index (χ3n) is 5.61. The molecule has 0 saturated carbocycles. The number of benzene rings is 2. The first-order chi connectivity index (χ1) is 14.1. The molecule has 2 heterocycles. The molecule has 0 N–H and O–H groups in total. The van der Waals surface area contributed by atoms with Gasteiger partial charge in [0, 0.05) is 38.2 Å². The van der Waals surface area contributed by atoms with Crippen molar-refractivity contribution in [1.29, 1.82) is 0 Å². The second-order valence-electron chi connectivity index (χ2n) is 7.45. The molecule has 2 aliphatic rings. The van der Waals surface area contributed by atoms with Gasteiger partial charge in [-0.15, -0.1) is 12.4 Å². The molecule has 0 spiro atoms. The summed E-state index contributed by atoms with van der Waals surface area (Å²) in [6.45, 7) is 4.31. The highest BCUT2D eigenvalue weighted by molar-refractivity contribution is 9.10. The van der Waals surface area contributed by atoms with Crippen molar-refractivity contribution in [1.82, 2.24) is 4.90 Å². The lowest BCUT2D eigenvalue weighted by molar-refractivity contribution is 0.0831. The molecule has 1 saturated heterocycles. The van der Waals surface area contributed by atoms with Crippen molar-refractivity contribution in [2.24, 2.45) is 5.92 Å². The number of nitrogens with zero attached hydrogens (tertiary/aromatic N) is 1. The molecular weight excluding hydrogens is 477 g/mol. The predicted molar refractivity (Wildman–Crippen MR) is 119 cm³/mol. The zero-order chi connectivity index (χ0) is 20.2. The molecule has 2 aliphatic heterocycles. The van der Waals surface area contributed by atoms with Crippen molar-refractivity contribution in [2.75, 3.05) is 46.8 Å². The summed E-state index contributed by atoms with van der Waals surface area (Å²) in [4.78, 5) is 2.41. The number of piperidine rings is 1. The minimum absolute atomic E-state index is 0. The molecule has 30 heavy (non-hydrogen) atoms. The lowest BCUT2D eigenvalue weighted by Crippen LogP contribution is -2.43. The van der Waals surface area contributed by atoms with Crippen LogP contribution < -0.4 is 14.2 Å². The van der Waals surface area contributed by atoms with Crippen molar-refractivity contribution in [2.45, 2.75) is 12.3 Å². The van der Waals surface area contributed by atoms with Gasteiger partial charge >= 0.3 is 0 Å². The summed E-state index contributed by atoms with van der Waals surface area (Å²) in [5, 5.41) is 0. The number of halogens is 3. The molecular formula is C22H26BrClFNO4. The minimum atomic E-state index is -0.205. The zero-order valence-electron chi connectivity index (χ0n) is 16.8. The lowest BCUT2D eigenvalue weighted by atomic mass is 9.81. The Balaban J connectivity index is 0.00000256. The molecule has 164 valence electrons. The smallest absolute Gasteiger partial charge is 0.231 e. The van der Waals surface area contributed by atoms with E-state index in [-0.39, 0.29) is 30.9 Å². The highest BCUT2D eigenvalue weighted by Gasteiger charge is 2.31. The van der Waals surface area contributed by atoms with E-state index in [4.69, 9.17) is 18.9 Å². The SMILES string of the molecule is COCCN1CC[C@H](c2ccc(F)cc2)[C@@H](COc2cc3c(cc2Br)OCO3)C1.Cl. The second kappa shape index (κ2) is 10.7. The Labute approximate surface area is 191 Å². The van der Waals surface area contributed by atoms with Gasteiger partial charge in [0.25, 0.3) is 0 Å². The quantitative estimate of drug-likeness (QED) is 0.540. The van der Waals surface area contributed by atoms with Crippen molar-refractivity contribution >= 4 is 28.3 Å². The summed E-state index contributed by atoms with van der Waals surface area (Å²) in [7, 11) is 1.73. The van der Waals surface area contributed by atoms with Gasteiger partial charge in [-0.1, -0.05) is 12.1 Å². The number of methoxy groups -OCH3 is 1. The molecule has 0 bridgehead atoms. The fourth-order valence-corrected chi connectivity index (χ4v) is 4.49. The van der Waals surface area contributed by atoms with Crippen LogP contribution in [0, 0.1) is 11.7 Å². The predicted octanol–water partition coefficient (Wildman–Crippen LogP) is 4.87. The van der Waals surface area contributed by atoms with Crippen LogP contribution in [0.5, 0.6) is 17.2 Å². The lowest BCUT2D eigenvalue weighted by Gasteiger charge is -2.38. The molecule has 0 amide bonds.